The van der Waals surface area contributed by atoms with E-state index < -0.39 is 28.8 Å². The Morgan fingerprint density at radius 1 is 0.892 bits per heavy atom. The third-order valence-electron chi connectivity index (χ3n) is 8.23. The lowest BCUT2D eigenvalue weighted by Gasteiger charge is -2.39. The normalized spacial score (nSPS) is 25.7. The Hall–Kier alpha value is -3.99. The van der Waals surface area contributed by atoms with Gasteiger partial charge in [-0.3, -0.25) is 14.4 Å². The number of rotatable bonds is 3. The third-order valence-corrected chi connectivity index (χ3v) is 8.23. The molecule has 0 aliphatic carbocycles. The van der Waals surface area contributed by atoms with Gasteiger partial charge in [0.05, 0.1) is 12.0 Å². The Kier molecular flexibility index (Phi) is 5.07. The van der Waals surface area contributed by atoms with Gasteiger partial charge in [0.1, 0.15) is 11.5 Å². The van der Waals surface area contributed by atoms with Gasteiger partial charge in [0.15, 0.2) is 11.6 Å². The number of allylic oxidation sites excluding steroid dienone is 1. The molecule has 3 aliphatic rings. The highest BCUT2D eigenvalue weighted by atomic mass is 16.2. The number of hydrogen-bond acceptors (Lipinski definition) is 4. The molecule has 6 rings (SSSR count). The van der Waals surface area contributed by atoms with Crippen LogP contribution in [0, 0.1) is 11.3 Å². The van der Waals surface area contributed by atoms with Gasteiger partial charge in [0.25, 0.3) is 0 Å². The monoisotopic (exact) mass is 490 g/mol. The molecule has 186 valence electrons. The number of hydrogen-bond donors (Lipinski definition) is 1. The number of anilines is 2. The Morgan fingerprint density at radius 3 is 2.27 bits per heavy atom. The van der Waals surface area contributed by atoms with E-state index in [4.69, 9.17) is 0 Å². The van der Waals surface area contributed by atoms with E-state index in [9.17, 15) is 14.4 Å². The van der Waals surface area contributed by atoms with E-state index in [1.54, 1.807) is 12.1 Å². The fourth-order valence-corrected chi connectivity index (χ4v) is 6.61. The second kappa shape index (κ2) is 8.01. The maximum absolute atomic E-state index is 14.6. The summed E-state index contributed by atoms with van der Waals surface area (Å²) in [5.74, 6) is -1.38. The third kappa shape index (κ3) is 3.13. The van der Waals surface area contributed by atoms with Gasteiger partial charge < -0.3 is 10.2 Å². The zero-order valence-corrected chi connectivity index (χ0v) is 21.5. The summed E-state index contributed by atoms with van der Waals surface area (Å²) in [6.45, 7) is 7.70. The van der Waals surface area contributed by atoms with Gasteiger partial charge in [0.2, 0.25) is 5.91 Å². The van der Waals surface area contributed by atoms with Gasteiger partial charge >= 0.3 is 0 Å². The second-order valence-electron chi connectivity index (χ2n) is 11.4. The van der Waals surface area contributed by atoms with Crippen LogP contribution in [0.15, 0.2) is 84.9 Å². The minimum atomic E-state index is -1.26. The molecule has 0 unspecified atom stereocenters. The number of nitrogens with zero attached hydrogens (tertiary/aromatic N) is 1. The first kappa shape index (κ1) is 23.4. The number of amides is 1. The van der Waals surface area contributed by atoms with E-state index in [0.29, 0.717) is 11.3 Å². The lowest BCUT2D eigenvalue weighted by molar-refractivity contribution is -0.128. The Balaban J connectivity index is 1.71. The summed E-state index contributed by atoms with van der Waals surface area (Å²) in [7, 11) is 0. The lowest BCUT2D eigenvalue weighted by Crippen LogP contribution is -2.51. The zero-order valence-electron chi connectivity index (χ0n) is 21.5. The van der Waals surface area contributed by atoms with Gasteiger partial charge in [-0.2, -0.15) is 0 Å². The van der Waals surface area contributed by atoms with Crippen LogP contribution in [0.3, 0.4) is 0 Å². The van der Waals surface area contributed by atoms with E-state index in [1.807, 2.05) is 94.4 Å². The summed E-state index contributed by atoms with van der Waals surface area (Å²) in [4.78, 5) is 45.3. The molecule has 1 saturated heterocycles. The molecule has 1 spiro atoms. The van der Waals surface area contributed by atoms with Gasteiger partial charge in [-0.05, 0) is 30.2 Å². The van der Waals surface area contributed by atoms with E-state index in [0.717, 1.165) is 22.4 Å². The molecular formula is C32H30N2O3. The number of carbonyl (C=O) groups excluding carboxylic acids is 3. The molecule has 3 aromatic carbocycles. The first-order chi connectivity index (χ1) is 17.7. The summed E-state index contributed by atoms with van der Waals surface area (Å²) in [5, 5.41) is 3.08. The van der Waals surface area contributed by atoms with Gasteiger partial charge in [-0.25, -0.2) is 0 Å². The minimum Gasteiger partial charge on any atom is -0.352 e. The molecule has 4 atom stereocenters. The van der Waals surface area contributed by atoms with Crippen molar-refractivity contribution in [3.8, 4) is 0 Å². The number of ketones is 2. The molecule has 1 amide bonds. The summed E-state index contributed by atoms with van der Waals surface area (Å²) in [5.41, 5.74) is 2.92. The topological polar surface area (TPSA) is 66.5 Å². The fraction of sp³-hybridized carbons (Fsp3) is 0.281. The predicted octanol–water partition coefficient (Wildman–Crippen LogP) is 5.67. The van der Waals surface area contributed by atoms with Crippen LogP contribution in [-0.4, -0.2) is 29.6 Å². The molecule has 3 heterocycles. The molecule has 0 bridgehead atoms. The zero-order chi connectivity index (χ0) is 26.1. The highest BCUT2D eigenvalue weighted by molar-refractivity contribution is 6.17. The summed E-state index contributed by atoms with van der Waals surface area (Å²) >= 11 is 0. The summed E-state index contributed by atoms with van der Waals surface area (Å²) in [6, 6.07) is 23.3. The average Bonchev–Trinajstić information content (AvgIpc) is 3.36. The van der Waals surface area contributed by atoms with Crippen LogP contribution in [0.2, 0.25) is 0 Å². The number of fused-ring (bicyclic) bond motifs is 6. The molecule has 5 nitrogen and oxygen atoms in total. The van der Waals surface area contributed by atoms with Crippen LogP contribution >= 0.6 is 0 Å². The van der Waals surface area contributed by atoms with Gasteiger partial charge in [-0.1, -0.05) is 93.6 Å². The first-order valence-corrected chi connectivity index (χ1v) is 12.8. The van der Waals surface area contributed by atoms with Crippen molar-refractivity contribution in [2.24, 2.45) is 11.3 Å². The van der Waals surface area contributed by atoms with Gasteiger partial charge in [0, 0.05) is 27.9 Å². The van der Waals surface area contributed by atoms with Crippen molar-refractivity contribution in [2.45, 2.75) is 45.2 Å². The second-order valence-corrected chi connectivity index (χ2v) is 11.4. The van der Waals surface area contributed by atoms with Crippen LogP contribution in [-0.2, 0) is 15.0 Å². The Labute approximate surface area is 217 Å². The lowest BCUT2D eigenvalue weighted by atomic mass is 9.63. The fourth-order valence-electron chi connectivity index (χ4n) is 6.61. The smallest absolute Gasteiger partial charge is 0.238 e. The number of Topliss-reactive ketones (excluding diaryl/α,β-unsaturated/α-hetero) is 2. The van der Waals surface area contributed by atoms with Crippen molar-refractivity contribution in [1.29, 1.82) is 0 Å². The van der Waals surface area contributed by atoms with E-state index in [2.05, 4.69) is 16.3 Å². The van der Waals surface area contributed by atoms with E-state index >= 15 is 0 Å². The number of nitrogens with one attached hydrogen (secondary N) is 1. The summed E-state index contributed by atoms with van der Waals surface area (Å²) in [6.07, 6.45) is 2.09. The molecule has 0 radical (unpaired) electrons. The maximum atomic E-state index is 14.6. The highest BCUT2D eigenvalue weighted by Gasteiger charge is 2.71. The quantitative estimate of drug-likeness (QED) is 0.481. The van der Waals surface area contributed by atoms with Crippen molar-refractivity contribution < 1.29 is 14.4 Å². The number of para-hydroxylation sites is 2. The molecule has 37 heavy (non-hydrogen) atoms. The molecule has 3 aromatic rings. The Bertz CT molecular complexity index is 1480. The molecule has 0 aromatic heterocycles. The van der Waals surface area contributed by atoms with Gasteiger partial charge in [-0.15, -0.1) is 0 Å². The molecule has 5 heteroatoms. The Morgan fingerprint density at radius 2 is 1.54 bits per heavy atom. The van der Waals surface area contributed by atoms with E-state index in [1.165, 1.54) is 0 Å². The molecular weight excluding hydrogens is 460 g/mol. The largest absolute Gasteiger partial charge is 0.352 e. The molecule has 1 fully saturated rings. The van der Waals surface area contributed by atoms with Crippen molar-refractivity contribution in [1.82, 2.24) is 0 Å². The van der Waals surface area contributed by atoms with E-state index in [-0.39, 0.29) is 17.5 Å². The maximum Gasteiger partial charge on any atom is 0.238 e. The minimum absolute atomic E-state index is 0.0522. The van der Waals surface area contributed by atoms with Crippen molar-refractivity contribution in [3.63, 3.8) is 0 Å². The molecule has 3 aliphatic heterocycles. The average molecular weight is 491 g/mol. The van der Waals surface area contributed by atoms with Crippen molar-refractivity contribution >= 4 is 34.4 Å². The van der Waals surface area contributed by atoms with Crippen LogP contribution in [0.25, 0.3) is 5.57 Å². The molecule has 1 N–H and O–H groups in total. The van der Waals surface area contributed by atoms with Crippen LogP contribution in [0.1, 0.15) is 49.2 Å². The number of carbonyl (C=O) groups is 3. The summed E-state index contributed by atoms with van der Waals surface area (Å²) < 4.78 is 0. The predicted molar refractivity (Wildman–Crippen MR) is 146 cm³/mol. The van der Waals surface area contributed by atoms with Crippen molar-refractivity contribution in [2.75, 3.05) is 10.2 Å². The highest BCUT2D eigenvalue weighted by Crippen LogP contribution is 2.59. The van der Waals surface area contributed by atoms with Crippen LogP contribution in [0.4, 0.5) is 11.4 Å². The first-order valence-electron chi connectivity index (χ1n) is 12.8. The number of benzene rings is 3. The SMILES string of the molecule is CC1=C[C@@H]2N(c3ccccc31)[C@@H](C(=O)C(C)(C)C)[C@@H](C(=O)c1ccccc1)[C@]21C(=O)Nc2ccccc21. The van der Waals surface area contributed by atoms with Crippen LogP contribution < -0.4 is 10.2 Å². The van der Waals surface area contributed by atoms with Crippen molar-refractivity contribution in [3.05, 3.63) is 102 Å². The molecule has 0 saturated carbocycles. The standard InChI is InChI=1S/C32H30N2O3/c1-19-18-25-32(22-15-9-10-16-23(22)33-30(32)37)26(28(35)20-12-6-5-7-13-20)27(29(36)31(2,3)4)34(25)24-17-11-8-14-21(19)24/h5-18,25-27H,1-4H3,(H,33,37)/t25-,26-,27+,32+/m0/s1. The van der Waals surface area contributed by atoms with Crippen LogP contribution in [0.5, 0.6) is 0 Å².